The normalized spacial score (nSPS) is 17.2. The van der Waals surface area contributed by atoms with Crippen LogP contribution >= 0.6 is 0 Å². The molecule has 0 atom stereocenters. The summed E-state index contributed by atoms with van der Waals surface area (Å²) in [6.07, 6.45) is 4.13. The predicted octanol–water partition coefficient (Wildman–Crippen LogP) is 1.87. The van der Waals surface area contributed by atoms with E-state index in [0.29, 0.717) is 6.04 Å². The third-order valence-corrected chi connectivity index (χ3v) is 3.22. The highest BCUT2D eigenvalue weighted by Crippen LogP contribution is 2.19. The van der Waals surface area contributed by atoms with E-state index in [1.165, 1.54) is 0 Å². The summed E-state index contributed by atoms with van der Waals surface area (Å²) < 4.78 is 2.02. The predicted molar refractivity (Wildman–Crippen MR) is 66.6 cm³/mol. The molecule has 17 heavy (non-hydrogen) atoms. The number of piperidine rings is 1. The summed E-state index contributed by atoms with van der Waals surface area (Å²) in [5.41, 5.74) is 1.08. The third-order valence-electron chi connectivity index (χ3n) is 3.22. The fourth-order valence-corrected chi connectivity index (χ4v) is 2.24. The first-order valence-corrected chi connectivity index (χ1v) is 6.11. The molecule has 0 spiro atoms. The van der Waals surface area contributed by atoms with Gasteiger partial charge in [-0.15, -0.1) is 0 Å². The van der Waals surface area contributed by atoms with Crippen molar-refractivity contribution in [2.75, 3.05) is 13.1 Å². The van der Waals surface area contributed by atoms with Crippen molar-refractivity contribution in [3.8, 4) is 11.4 Å². The van der Waals surface area contributed by atoms with Gasteiger partial charge < -0.3 is 5.32 Å². The fourth-order valence-electron chi connectivity index (χ4n) is 2.24. The van der Waals surface area contributed by atoms with Crippen LogP contribution in [0, 0.1) is 0 Å². The molecular formula is C13H16N4. The average molecular weight is 228 g/mol. The highest BCUT2D eigenvalue weighted by atomic mass is 15.3. The van der Waals surface area contributed by atoms with Crippen molar-refractivity contribution >= 4 is 0 Å². The molecule has 1 aromatic heterocycles. The number of hydrogen-bond acceptors (Lipinski definition) is 3. The number of aromatic nitrogens is 3. The molecule has 1 aliphatic rings. The van der Waals surface area contributed by atoms with Crippen molar-refractivity contribution < 1.29 is 0 Å². The molecule has 3 rings (SSSR count). The van der Waals surface area contributed by atoms with E-state index < -0.39 is 0 Å². The Bertz CT molecular complexity index is 471. The molecule has 1 fully saturated rings. The smallest absolute Gasteiger partial charge is 0.181 e. The molecule has 1 N–H and O–H groups in total. The van der Waals surface area contributed by atoms with E-state index >= 15 is 0 Å². The lowest BCUT2D eigenvalue weighted by Gasteiger charge is -2.22. The van der Waals surface area contributed by atoms with Crippen LogP contribution in [0.1, 0.15) is 18.9 Å². The first-order chi connectivity index (χ1) is 8.43. The standard InChI is InChI=1S/C13H16N4/c1-2-4-11(5-3-1)13-15-10-17(16-13)12-6-8-14-9-7-12/h1-5,10,12,14H,6-9H2. The first kappa shape index (κ1) is 10.5. The van der Waals surface area contributed by atoms with Gasteiger partial charge in [0, 0.05) is 5.56 Å². The van der Waals surface area contributed by atoms with Gasteiger partial charge in [0.25, 0.3) is 0 Å². The minimum absolute atomic E-state index is 0.501. The fraction of sp³-hybridized carbons (Fsp3) is 0.385. The van der Waals surface area contributed by atoms with Gasteiger partial charge in [-0.3, -0.25) is 0 Å². The summed E-state index contributed by atoms with van der Waals surface area (Å²) >= 11 is 0. The lowest BCUT2D eigenvalue weighted by Crippen LogP contribution is -2.29. The van der Waals surface area contributed by atoms with Crippen LogP contribution in [0.25, 0.3) is 11.4 Å². The van der Waals surface area contributed by atoms with Crippen molar-refractivity contribution in [2.45, 2.75) is 18.9 Å². The molecule has 88 valence electrons. The molecule has 0 amide bonds. The van der Waals surface area contributed by atoms with Gasteiger partial charge in [-0.05, 0) is 25.9 Å². The van der Waals surface area contributed by atoms with Gasteiger partial charge in [-0.1, -0.05) is 30.3 Å². The van der Waals surface area contributed by atoms with Crippen molar-refractivity contribution in [3.05, 3.63) is 36.7 Å². The van der Waals surface area contributed by atoms with E-state index in [2.05, 4.69) is 15.4 Å². The van der Waals surface area contributed by atoms with Crippen LogP contribution < -0.4 is 5.32 Å². The van der Waals surface area contributed by atoms with Crippen LogP contribution in [0.5, 0.6) is 0 Å². The van der Waals surface area contributed by atoms with E-state index in [-0.39, 0.29) is 0 Å². The topological polar surface area (TPSA) is 42.7 Å². The van der Waals surface area contributed by atoms with Crippen molar-refractivity contribution in [1.29, 1.82) is 0 Å². The Kier molecular flexibility index (Phi) is 2.88. The number of benzene rings is 1. The third kappa shape index (κ3) is 2.22. The summed E-state index contributed by atoms with van der Waals surface area (Å²) in [6, 6.07) is 10.6. The van der Waals surface area contributed by atoms with Crippen molar-refractivity contribution in [1.82, 2.24) is 20.1 Å². The molecule has 0 saturated carbocycles. The van der Waals surface area contributed by atoms with Crippen molar-refractivity contribution in [3.63, 3.8) is 0 Å². The van der Waals surface area contributed by atoms with Gasteiger partial charge in [0.2, 0.25) is 0 Å². The first-order valence-electron chi connectivity index (χ1n) is 6.11. The van der Waals surface area contributed by atoms with E-state index in [1.54, 1.807) is 0 Å². The van der Waals surface area contributed by atoms with E-state index in [4.69, 9.17) is 0 Å². The average Bonchev–Trinajstić information content (AvgIpc) is 2.90. The Morgan fingerprint density at radius 2 is 1.88 bits per heavy atom. The molecule has 0 unspecified atom stereocenters. The van der Waals surface area contributed by atoms with Crippen LogP contribution in [0.2, 0.25) is 0 Å². The van der Waals surface area contributed by atoms with Gasteiger partial charge in [0.05, 0.1) is 6.04 Å². The lowest BCUT2D eigenvalue weighted by molar-refractivity contribution is 0.343. The van der Waals surface area contributed by atoms with Gasteiger partial charge in [0.1, 0.15) is 6.33 Å². The molecule has 1 aromatic carbocycles. The maximum absolute atomic E-state index is 4.58. The van der Waals surface area contributed by atoms with Gasteiger partial charge in [-0.2, -0.15) is 5.10 Å². The number of nitrogens with zero attached hydrogens (tertiary/aromatic N) is 3. The maximum atomic E-state index is 4.58. The van der Waals surface area contributed by atoms with Gasteiger partial charge in [0.15, 0.2) is 5.82 Å². The highest BCUT2D eigenvalue weighted by Gasteiger charge is 2.16. The SMILES string of the molecule is c1ccc(-c2ncn(C3CCNCC3)n2)cc1. The summed E-state index contributed by atoms with van der Waals surface area (Å²) in [6.45, 7) is 2.15. The Morgan fingerprint density at radius 1 is 1.12 bits per heavy atom. The molecule has 4 heteroatoms. The molecule has 0 bridgehead atoms. The quantitative estimate of drug-likeness (QED) is 0.853. The van der Waals surface area contributed by atoms with Crippen LogP contribution in [0.3, 0.4) is 0 Å². The van der Waals surface area contributed by atoms with Crippen LogP contribution in [0.15, 0.2) is 36.7 Å². The Labute approximate surface area is 101 Å². The second-order valence-electron chi connectivity index (χ2n) is 4.40. The monoisotopic (exact) mass is 228 g/mol. The molecule has 2 aromatic rings. The Hall–Kier alpha value is -1.68. The van der Waals surface area contributed by atoms with Crippen LogP contribution in [-0.2, 0) is 0 Å². The van der Waals surface area contributed by atoms with Crippen LogP contribution in [0.4, 0.5) is 0 Å². The molecule has 1 aliphatic heterocycles. The molecular weight excluding hydrogens is 212 g/mol. The molecule has 0 aliphatic carbocycles. The zero-order chi connectivity index (χ0) is 11.5. The van der Waals surface area contributed by atoms with Gasteiger partial charge >= 0.3 is 0 Å². The number of rotatable bonds is 2. The molecule has 4 nitrogen and oxygen atoms in total. The van der Waals surface area contributed by atoms with E-state index in [0.717, 1.165) is 37.3 Å². The highest BCUT2D eigenvalue weighted by molar-refractivity contribution is 5.53. The van der Waals surface area contributed by atoms with Crippen LogP contribution in [-0.4, -0.2) is 27.9 Å². The molecule has 1 saturated heterocycles. The Morgan fingerprint density at radius 3 is 2.65 bits per heavy atom. The lowest BCUT2D eigenvalue weighted by atomic mass is 10.1. The molecule has 2 heterocycles. The summed E-state index contributed by atoms with van der Waals surface area (Å²) in [5, 5.41) is 7.94. The van der Waals surface area contributed by atoms with E-state index in [1.807, 2.05) is 41.3 Å². The number of hydrogen-bond donors (Lipinski definition) is 1. The summed E-state index contributed by atoms with van der Waals surface area (Å²) in [4.78, 5) is 4.39. The second-order valence-corrected chi connectivity index (χ2v) is 4.40. The minimum atomic E-state index is 0.501. The zero-order valence-electron chi connectivity index (χ0n) is 9.71. The largest absolute Gasteiger partial charge is 0.317 e. The van der Waals surface area contributed by atoms with Gasteiger partial charge in [-0.25, -0.2) is 9.67 Å². The van der Waals surface area contributed by atoms with E-state index in [9.17, 15) is 0 Å². The van der Waals surface area contributed by atoms with Crippen molar-refractivity contribution in [2.24, 2.45) is 0 Å². The second kappa shape index (κ2) is 4.67. The Balaban J connectivity index is 1.83. The molecule has 0 radical (unpaired) electrons. The zero-order valence-corrected chi connectivity index (χ0v) is 9.71. The maximum Gasteiger partial charge on any atom is 0.181 e. The minimum Gasteiger partial charge on any atom is -0.317 e. The summed E-state index contributed by atoms with van der Waals surface area (Å²) in [5.74, 6) is 0.823. The number of nitrogens with one attached hydrogen (secondary N) is 1. The summed E-state index contributed by atoms with van der Waals surface area (Å²) in [7, 11) is 0.